The maximum Gasteiger partial charge on any atom is 0.0329 e. The van der Waals surface area contributed by atoms with Gasteiger partial charge >= 0.3 is 0 Å². The number of nitrogens with one attached hydrogen (secondary N) is 1. The smallest absolute Gasteiger partial charge is 0.0329 e. The Balaban J connectivity index is 2.86. The van der Waals surface area contributed by atoms with Crippen LogP contribution in [0, 0.1) is 5.92 Å². The fraction of sp³-hybridized carbons (Fsp3) is 1.00. The molecule has 0 amide bonds. The summed E-state index contributed by atoms with van der Waals surface area (Å²) in [5.41, 5.74) is 0.696. The van der Waals surface area contributed by atoms with E-state index in [0.717, 1.165) is 12.5 Å². The maximum atomic E-state index is 3.80. The summed E-state index contributed by atoms with van der Waals surface area (Å²) in [5, 5.41) is 3.80. The first kappa shape index (κ1) is 15.0. The lowest BCUT2D eigenvalue weighted by Gasteiger charge is -2.54. The molecule has 1 saturated heterocycles. The molecular formula is C15H32N2. The molecule has 1 aliphatic heterocycles. The van der Waals surface area contributed by atoms with E-state index in [2.05, 4.69) is 51.8 Å². The minimum Gasteiger partial charge on any atom is -0.308 e. The largest absolute Gasteiger partial charge is 0.308 e. The third kappa shape index (κ3) is 3.23. The van der Waals surface area contributed by atoms with Crippen molar-refractivity contribution in [1.29, 1.82) is 0 Å². The zero-order chi connectivity index (χ0) is 13.1. The lowest BCUT2D eigenvalue weighted by molar-refractivity contribution is -0.00531. The van der Waals surface area contributed by atoms with Gasteiger partial charge in [0.25, 0.3) is 0 Å². The molecule has 1 atom stereocenters. The van der Waals surface area contributed by atoms with E-state index in [0.29, 0.717) is 11.1 Å². The highest BCUT2D eigenvalue weighted by Gasteiger charge is 2.42. The second-order valence-corrected chi connectivity index (χ2v) is 6.47. The summed E-state index contributed by atoms with van der Waals surface area (Å²) in [6.07, 6.45) is 3.72. The van der Waals surface area contributed by atoms with E-state index in [1.54, 1.807) is 0 Å². The molecule has 0 aliphatic carbocycles. The molecule has 1 aliphatic rings. The van der Waals surface area contributed by atoms with Crippen LogP contribution in [0.5, 0.6) is 0 Å². The van der Waals surface area contributed by atoms with Crippen LogP contribution in [-0.4, -0.2) is 35.6 Å². The molecule has 0 aromatic carbocycles. The van der Waals surface area contributed by atoms with Crippen molar-refractivity contribution in [2.75, 3.05) is 19.6 Å². The first-order chi connectivity index (χ1) is 7.91. The number of piperazine rings is 1. The average molecular weight is 240 g/mol. The van der Waals surface area contributed by atoms with Crippen LogP contribution in [0.25, 0.3) is 0 Å². The van der Waals surface area contributed by atoms with Crippen LogP contribution in [0.2, 0.25) is 0 Å². The Morgan fingerprint density at radius 3 is 2.12 bits per heavy atom. The summed E-state index contributed by atoms with van der Waals surface area (Å²) in [6, 6.07) is 0. The van der Waals surface area contributed by atoms with E-state index in [9.17, 15) is 0 Å². The minimum absolute atomic E-state index is 0.308. The van der Waals surface area contributed by atoms with Gasteiger partial charge in [-0.05, 0) is 32.1 Å². The number of rotatable bonds is 5. The number of nitrogens with zero attached hydrogens (tertiary/aromatic N) is 1. The quantitative estimate of drug-likeness (QED) is 0.793. The van der Waals surface area contributed by atoms with Gasteiger partial charge < -0.3 is 5.32 Å². The van der Waals surface area contributed by atoms with Crippen molar-refractivity contribution in [2.45, 2.75) is 71.9 Å². The van der Waals surface area contributed by atoms with Crippen LogP contribution in [0.3, 0.4) is 0 Å². The van der Waals surface area contributed by atoms with Crippen molar-refractivity contribution in [3.63, 3.8) is 0 Å². The van der Waals surface area contributed by atoms with E-state index < -0.39 is 0 Å². The summed E-state index contributed by atoms with van der Waals surface area (Å²) in [4.78, 5) is 2.76. The van der Waals surface area contributed by atoms with Gasteiger partial charge in [0.1, 0.15) is 0 Å². The fourth-order valence-corrected chi connectivity index (χ4v) is 3.02. The zero-order valence-corrected chi connectivity index (χ0v) is 12.8. The molecular weight excluding hydrogens is 208 g/mol. The summed E-state index contributed by atoms with van der Waals surface area (Å²) in [7, 11) is 0. The highest BCUT2D eigenvalue weighted by molar-refractivity contribution is 5.02. The number of hydrogen-bond donors (Lipinski definition) is 1. The molecule has 102 valence electrons. The first-order valence-corrected chi connectivity index (χ1v) is 7.41. The van der Waals surface area contributed by atoms with E-state index in [1.165, 1.54) is 32.4 Å². The molecule has 2 nitrogen and oxygen atoms in total. The Morgan fingerprint density at radius 1 is 1.12 bits per heavy atom. The van der Waals surface area contributed by atoms with E-state index in [4.69, 9.17) is 0 Å². The summed E-state index contributed by atoms with van der Waals surface area (Å²) in [5.74, 6) is 0.756. The van der Waals surface area contributed by atoms with Crippen molar-refractivity contribution in [3.8, 4) is 0 Å². The molecule has 1 fully saturated rings. The van der Waals surface area contributed by atoms with Gasteiger partial charge in [-0.25, -0.2) is 0 Å². The van der Waals surface area contributed by atoms with Crippen LogP contribution in [-0.2, 0) is 0 Å². The van der Waals surface area contributed by atoms with E-state index >= 15 is 0 Å². The van der Waals surface area contributed by atoms with Crippen molar-refractivity contribution in [2.24, 2.45) is 5.92 Å². The Kier molecular flexibility index (Phi) is 5.03. The standard InChI is InChI=1S/C15H32N2/c1-7-14(6)12-17(10-13(4)5)15(8-2,9-3)11-16-14/h13,16H,7-12H2,1-6H3. The van der Waals surface area contributed by atoms with Gasteiger partial charge in [-0.2, -0.15) is 0 Å². The van der Waals surface area contributed by atoms with Gasteiger partial charge in [-0.1, -0.05) is 34.6 Å². The van der Waals surface area contributed by atoms with Crippen LogP contribution >= 0.6 is 0 Å². The van der Waals surface area contributed by atoms with Crippen molar-refractivity contribution >= 4 is 0 Å². The zero-order valence-electron chi connectivity index (χ0n) is 12.8. The van der Waals surface area contributed by atoms with Crippen LogP contribution in [0.15, 0.2) is 0 Å². The lowest BCUT2D eigenvalue weighted by atomic mass is 9.82. The van der Waals surface area contributed by atoms with Crippen molar-refractivity contribution in [3.05, 3.63) is 0 Å². The molecule has 0 aromatic heterocycles. The van der Waals surface area contributed by atoms with Gasteiger partial charge in [0.15, 0.2) is 0 Å². The van der Waals surface area contributed by atoms with Crippen molar-refractivity contribution < 1.29 is 0 Å². The predicted octanol–water partition coefficient (Wildman–Crippen LogP) is 3.28. The topological polar surface area (TPSA) is 15.3 Å². The highest BCUT2D eigenvalue weighted by atomic mass is 15.3. The minimum atomic E-state index is 0.308. The van der Waals surface area contributed by atoms with Crippen LogP contribution in [0.1, 0.15) is 60.8 Å². The molecule has 1 N–H and O–H groups in total. The molecule has 1 unspecified atom stereocenters. The molecule has 0 aromatic rings. The second kappa shape index (κ2) is 5.71. The van der Waals surface area contributed by atoms with E-state index in [-0.39, 0.29) is 0 Å². The van der Waals surface area contributed by atoms with Gasteiger partial charge in [-0.3, -0.25) is 4.90 Å². The highest BCUT2D eigenvalue weighted by Crippen LogP contribution is 2.31. The molecule has 1 rings (SSSR count). The lowest BCUT2D eigenvalue weighted by Crippen LogP contribution is -2.69. The SMILES string of the molecule is CCC1(C)CN(CC(C)C)C(CC)(CC)CN1. The summed E-state index contributed by atoms with van der Waals surface area (Å²) >= 11 is 0. The molecule has 0 radical (unpaired) electrons. The number of hydrogen-bond acceptors (Lipinski definition) is 2. The Hall–Kier alpha value is -0.0800. The second-order valence-electron chi connectivity index (χ2n) is 6.47. The van der Waals surface area contributed by atoms with E-state index in [1.807, 2.05) is 0 Å². The summed E-state index contributed by atoms with van der Waals surface area (Å²) in [6.45, 7) is 17.6. The van der Waals surface area contributed by atoms with Gasteiger partial charge in [0.05, 0.1) is 0 Å². The average Bonchev–Trinajstić information content (AvgIpc) is 2.30. The predicted molar refractivity (Wildman–Crippen MR) is 76.4 cm³/mol. The van der Waals surface area contributed by atoms with Crippen molar-refractivity contribution in [1.82, 2.24) is 10.2 Å². The van der Waals surface area contributed by atoms with Crippen LogP contribution < -0.4 is 5.32 Å². The molecule has 17 heavy (non-hydrogen) atoms. The molecule has 0 bridgehead atoms. The molecule has 0 saturated carbocycles. The van der Waals surface area contributed by atoms with Crippen LogP contribution in [0.4, 0.5) is 0 Å². The van der Waals surface area contributed by atoms with Gasteiger partial charge in [-0.15, -0.1) is 0 Å². The third-order valence-electron chi connectivity index (χ3n) is 4.74. The molecule has 2 heteroatoms. The molecule has 0 spiro atoms. The van der Waals surface area contributed by atoms with Gasteiger partial charge in [0, 0.05) is 30.7 Å². The first-order valence-electron chi connectivity index (χ1n) is 7.41. The fourth-order valence-electron chi connectivity index (χ4n) is 3.02. The maximum absolute atomic E-state index is 3.80. The molecule has 1 heterocycles. The van der Waals surface area contributed by atoms with Gasteiger partial charge in [0.2, 0.25) is 0 Å². The Morgan fingerprint density at radius 2 is 1.71 bits per heavy atom. The third-order valence-corrected chi connectivity index (χ3v) is 4.74. The Labute approximate surface area is 108 Å². The Bertz CT molecular complexity index is 233. The monoisotopic (exact) mass is 240 g/mol. The normalized spacial score (nSPS) is 29.8. The summed E-state index contributed by atoms with van der Waals surface area (Å²) < 4.78 is 0.